The summed E-state index contributed by atoms with van der Waals surface area (Å²) in [6.45, 7) is 6.65. The van der Waals surface area contributed by atoms with E-state index >= 15 is 0 Å². The summed E-state index contributed by atoms with van der Waals surface area (Å²) in [5.41, 5.74) is 2.66. The molecule has 0 aliphatic carbocycles. The number of pyridine rings is 1. The maximum absolute atomic E-state index is 12.4. The van der Waals surface area contributed by atoms with Crippen LogP contribution in [-0.2, 0) is 21.4 Å². The highest BCUT2D eigenvalue weighted by Gasteiger charge is 2.30. The minimum absolute atomic E-state index is 0.0470. The molecule has 0 saturated carbocycles. The molecule has 1 aliphatic heterocycles. The number of rotatable bonds is 6. The molecule has 140 valence electrons. The Hall–Kier alpha value is -1.67. The van der Waals surface area contributed by atoms with Gasteiger partial charge in [-0.25, -0.2) is 12.7 Å². The summed E-state index contributed by atoms with van der Waals surface area (Å²) in [5, 5.41) is 2.92. The fourth-order valence-corrected chi connectivity index (χ4v) is 4.28. The Morgan fingerprint density at radius 1 is 1.36 bits per heavy atom. The van der Waals surface area contributed by atoms with Gasteiger partial charge < -0.3 is 10.1 Å². The highest BCUT2D eigenvalue weighted by molar-refractivity contribution is 7.89. The zero-order chi connectivity index (χ0) is 18.6. The monoisotopic (exact) mass is 369 g/mol. The second-order valence-corrected chi connectivity index (χ2v) is 8.60. The van der Waals surface area contributed by atoms with E-state index in [1.807, 2.05) is 13.8 Å². The molecule has 1 N–H and O–H groups in total. The predicted octanol–water partition coefficient (Wildman–Crippen LogP) is 1.38. The van der Waals surface area contributed by atoms with Gasteiger partial charge in [0.25, 0.3) is 0 Å². The van der Waals surface area contributed by atoms with Crippen LogP contribution in [0, 0.1) is 19.8 Å². The van der Waals surface area contributed by atoms with E-state index in [0.29, 0.717) is 32.5 Å². The highest BCUT2D eigenvalue weighted by Crippen LogP contribution is 2.24. The van der Waals surface area contributed by atoms with Gasteiger partial charge in [0.2, 0.25) is 15.9 Å². The van der Waals surface area contributed by atoms with Crippen LogP contribution in [-0.4, -0.2) is 49.6 Å². The van der Waals surface area contributed by atoms with Crippen LogP contribution < -0.4 is 10.1 Å². The highest BCUT2D eigenvalue weighted by atomic mass is 32.2. The molecule has 2 rings (SSSR count). The van der Waals surface area contributed by atoms with Gasteiger partial charge in [0.05, 0.1) is 25.1 Å². The number of piperidine rings is 1. The standard InChI is InChI=1S/C17H27N3O4S/c1-5-25(22,23)20-8-6-14(7-9-20)17(21)19-11-15-13(3)16(24-4)12(2)10-18-15/h10,14H,5-9,11H2,1-4H3,(H,19,21). The first kappa shape index (κ1) is 19.7. The number of methoxy groups -OCH3 is 1. The lowest BCUT2D eigenvalue weighted by atomic mass is 9.97. The molecule has 0 radical (unpaired) electrons. The molecule has 2 heterocycles. The second kappa shape index (κ2) is 8.14. The summed E-state index contributed by atoms with van der Waals surface area (Å²) in [7, 11) is -1.54. The van der Waals surface area contributed by atoms with Crippen molar-refractivity contribution in [2.45, 2.75) is 40.2 Å². The molecular weight excluding hydrogens is 342 g/mol. The molecule has 0 atom stereocenters. The number of aryl methyl sites for hydroxylation is 1. The van der Waals surface area contributed by atoms with Gasteiger partial charge in [0.1, 0.15) is 5.75 Å². The van der Waals surface area contributed by atoms with E-state index in [4.69, 9.17) is 4.74 Å². The maximum Gasteiger partial charge on any atom is 0.223 e. The first-order chi connectivity index (χ1) is 11.8. The summed E-state index contributed by atoms with van der Waals surface area (Å²) >= 11 is 0. The van der Waals surface area contributed by atoms with Crippen LogP contribution in [0.4, 0.5) is 0 Å². The third kappa shape index (κ3) is 4.49. The van der Waals surface area contributed by atoms with Crippen molar-refractivity contribution in [3.63, 3.8) is 0 Å². The minimum Gasteiger partial charge on any atom is -0.496 e. The van der Waals surface area contributed by atoms with Gasteiger partial charge in [-0.1, -0.05) is 0 Å². The molecule has 1 amide bonds. The van der Waals surface area contributed by atoms with Crippen LogP contribution in [0.25, 0.3) is 0 Å². The van der Waals surface area contributed by atoms with Gasteiger partial charge in [-0.15, -0.1) is 0 Å². The second-order valence-electron chi connectivity index (χ2n) is 6.34. The molecule has 0 bridgehead atoms. The maximum atomic E-state index is 12.4. The van der Waals surface area contributed by atoms with Gasteiger partial charge in [-0.3, -0.25) is 9.78 Å². The first-order valence-electron chi connectivity index (χ1n) is 8.54. The average molecular weight is 369 g/mol. The van der Waals surface area contributed by atoms with Gasteiger partial charge in [0, 0.05) is 36.3 Å². The van der Waals surface area contributed by atoms with E-state index in [0.717, 1.165) is 22.6 Å². The Morgan fingerprint density at radius 2 is 2.00 bits per heavy atom. The van der Waals surface area contributed by atoms with Crippen LogP contribution >= 0.6 is 0 Å². The normalized spacial score (nSPS) is 16.6. The molecule has 1 aliphatic rings. The van der Waals surface area contributed by atoms with E-state index in [1.54, 1.807) is 20.2 Å². The Labute approximate surface area is 149 Å². The van der Waals surface area contributed by atoms with Crippen molar-refractivity contribution in [2.24, 2.45) is 5.92 Å². The molecule has 0 unspecified atom stereocenters. The molecule has 1 fully saturated rings. The van der Waals surface area contributed by atoms with Crippen LogP contribution in [0.15, 0.2) is 6.20 Å². The molecule has 0 aromatic carbocycles. The number of carbonyl (C=O) groups is 1. The lowest BCUT2D eigenvalue weighted by Gasteiger charge is -2.30. The van der Waals surface area contributed by atoms with Crippen molar-refractivity contribution in [1.29, 1.82) is 0 Å². The molecule has 1 aromatic heterocycles. The van der Waals surface area contributed by atoms with Gasteiger partial charge in [-0.2, -0.15) is 0 Å². The number of nitrogens with one attached hydrogen (secondary N) is 1. The fourth-order valence-electron chi connectivity index (χ4n) is 3.14. The van der Waals surface area contributed by atoms with E-state index in [1.165, 1.54) is 4.31 Å². The lowest BCUT2D eigenvalue weighted by molar-refractivity contribution is -0.126. The number of sulfonamides is 1. The summed E-state index contributed by atoms with van der Waals surface area (Å²) in [4.78, 5) is 16.8. The summed E-state index contributed by atoms with van der Waals surface area (Å²) in [6, 6.07) is 0. The summed E-state index contributed by atoms with van der Waals surface area (Å²) in [6.07, 6.45) is 2.84. The van der Waals surface area contributed by atoms with E-state index in [9.17, 15) is 13.2 Å². The molecule has 7 nitrogen and oxygen atoms in total. The molecule has 1 aromatic rings. The fraction of sp³-hybridized carbons (Fsp3) is 0.647. The SMILES string of the molecule is CCS(=O)(=O)N1CCC(C(=O)NCc2ncc(C)c(OC)c2C)CC1. The van der Waals surface area contributed by atoms with Gasteiger partial charge in [-0.05, 0) is 33.6 Å². The number of hydrogen-bond acceptors (Lipinski definition) is 5. The van der Waals surface area contributed by atoms with E-state index in [2.05, 4.69) is 10.3 Å². The third-order valence-electron chi connectivity index (χ3n) is 4.76. The molecule has 8 heteroatoms. The largest absolute Gasteiger partial charge is 0.496 e. The number of amides is 1. The number of carbonyl (C=O) groups excluding carboxylic acids is 1. The zero-order valence-corrected chi connectivity index (χ0v) is 16.1. The van der Waals surface area contributed by atoms with Crippen molar-refractivity contribution < 1.29 is 17.9 Å². The van der Waals surface area contributed by atoms with Crippen LogP contribution in [0.5, 0.6) is 5.75 Å². The molecular formula is C17H27N3O4S. The predicted molar refractivity (Wildman–Crippen MR) is 95.9 cm³/mol. The van der Waals surface area contributed by atoms with E-state index < -0.39 is 10.0 Å². The number of nitrogens with zero attached hydrogens (tertiary/aromatic N) is 2. The van der Waals surface area contributed by atoms with Crippen molar-refractivity contribution in [3.8, 4) is 5.75 Å². The number of aromatic nitrogens is 1. The van der Waals surface area contributed by atoms with Crippen LogP contribution in [0.3, 0.4) is 0 Å². The van der Waals surface area contributed by atoms with Crippen molar-refractivity contribution in [1.82, 2.24) is 14.6 Å². The lowest BCUT2D eigenvalue weighted by Crippen LogP contribution is -2.43. The summed E-state index contributed by atoms with van der Waals surface area (Å²) < 4.78 is 30.6. The average Bonchev–Trinajstić information content (AvgIpc) is 2.61. The molecule has 25 heavy (non-hydrogen) atoms. The summed E-state index contributed by atoms with van der Waals surface area (Å²) in [5.74, 6) is 0.687. The topological polar surface area (TPSA) is 88.6 Å². The zero-order valence-electron chi connectivity index (χ0n) is 15.3. The smallest absolute Gasteiger partial charge is 0.223 e. The van der Waals surface area contributed by atoms with E-state index in [-0.39, 0.29) is 17.6 Å². The molecule has 0 spiro atoms. The van der Waals surface area contributed by atoms with Crippen LogP contribution in [0.2, 0.25) is 0 Å². The minimum atomic E-state index is -3.17. The third-order valence-corrected chi connectivity index (χ3v) is 6.64. The van der Waals surface area contributed by atoms with Crippen molar-refractivity contribution in [2.75, 3.05) is 26.0 Å². The Bertz CT molecular complexity index is 726. The Balaban J connectivity index is 1.92. The Kier molecular flexibility index (Phi) is 6.40. The van der Waals surface area contributed by atoms with Gasteiger partial charge in [0.15, 0.2) is 0 Å². The Morgan fingerprint density at radius 3 is 2.56 bits per heavy atom. The van der Waals surface area contributed by atoms with Gasteiger partial charge >= 0.3 is 0 Å². The number of ether oxygens (including phenoxy) is 1. The molecule has 1 saturated heterocycles. The van der Waals surface area contributed by atoms with Crippen molar-refractivity contribution >= 4 is 15.9 Å². The van der Waals surface area contributed by atoms with Crippen molar-refractivity contribution in [3.05, 3.63) is 23.0 Å². The van der Waals surface area contributed by atoms with Crippen LogP contribution in [0.1, 0.15) is 36.6 Å². The quantitative estimate of drug-likeness (QED) is 0.818. The first-order valence-corrected chi connectivity index (χ1v) is 10.2. The number of hydrogen-bond donors (Lipinski definition) is 1.